The van der Waals surface area contributed by atoms with Crippen LogP contribution in [0.2, 0.25) is 0 Å². The van der Waals surface area contributed by atoms with Gasteiger partial charge < -0.3 is 9.59 Å². The first kappa shape index (κ1) is 15.6. The van der Waals surface area contributed by atoms with E-state index >= 15 is 0 Å². The van der Waals surface area contributed by atoms with Crippen LogP contribution in [0.25, 0.3) is 0 Å². The first-order valence-corrected chi connectivity index (χ1v) is 5.79. The lowest BCUT2D eigenvalue weighted by Crippen LogP contribution is -2.43. The van der Waals surface area contributed by atoms with Crippen molar-refractivity contribution >= 4 is 17.8 Å². The van der Waals surface area contributed by atoms with Gasteiger partial charge in [0.1, 0.15) is 5.75 Å². The van der Waals surface area contributed by atoms with Gasteiger partial charge in [-0.15, -0.1) is 0 Å². The van der Waals surface area contributed by atoms with Crippen molar-refractivity contribution < 1.29 is 19.3 Å². The molecular weight excluding hydrogens is 264 g/mol. The number of carbonyl (C=O) groups is 1. The molecule has 0 fully saturated rings. The van der Waals surface area contributed by atoms with Gasteiger partial charge in [0.15, 0.2) is 6.54 Å². The number of non-ortho nitro benzene ring substituents is 1. The summed E-state index contributed by atoms with van der Waals surface area (Å²) in [5.74, 6) is -0.445. The number of nitro groups is 1. The summed E-state index contributed by atoms with van der Waals surface area (Å²) < 4.78 is 0.448. The fraction of sp³-hybridized carbons (Fsp3) is 0.333. The zero-order valence-corrected chi connectivity index (χ0v) is 11.5. The number of phenolic OH excluding ortho intramolecular Hbond substituents is 1. The third kappa shape index (κ3) is 5.02. The second kappa shape index (κ2) is 6.11. The van der Waals surface area contributed by atoms with Crippen LogP contribution in [0.15, 0.2) is 23.3 Å². The average Bonchev–Trinajstić information content (AvgIpc) is 2.28. The standard InChI is InChI=1S/C12H16N4O4/c1-16(2,3)8-12(18)14-13-7-9-6-10(15(19)20)4-5-11(9)17/h4-7H,8H2,1-3H3,(H-,13,14,17,18)/p+1. The number of benzene rings is 1. The Hall–Kier alpha value is -2.48. The Morgan fingerprint density at radius 2 is 2.15 bits per heavy atom. The molecule has 1 amide bonds. The number of nitrogens with one attached hydrogen (secondary N) is 1. The van der Waals surface area contributed by atoms with Crippen molar-refractivity contribution in [2.45, 2.75) is 0 Å². The number of carbonyl (C=O) groups excluding carboxylic acids is 1. The van der Waals surface area contributed by atoms with E-state index in [9.17, 15) is 20.0 Å². The van der Waals surface area contributed by atoms with E-state index in [1.807, 2.05) is 21.1 Å². The number of quaternary nitrogens is 1. The summed E-state index contributed by atoms with van der Waals surface area (Å²) in [4.78, 5) is 21.5. The van der Waals surface area contributed by atoms with Crippen molar-refractivity contribution in [3.63, 3.8) is 0 Å². The lowest BCUT2D eigenvalue weighted by Gasteiger charge is -2.21. The van der Waals surface area contributed by atoms with Gasteiger partial charge >= 0.3 is 0 Å². The molecule has 0 aliphatic carbocycles. The van der Waals surface area contributed by atoms with Crippen molar-refractivity contribution in [1.82, 2.24) is 5.43 Å². The Morgan fingerprint density at radius 1 is 1.50 bits per heavy atom. The highest BCUT2D eigenvalue weighted by molar-refractivity contribution is 5.86. The molecule has 0 aromatic heterocycles. The molecule has 0 radical (unpaired) electrons. The van der Waals surface area contributed by atoms with Crippen molar-refractivity contribution in [2.75, 3.05) is 27.7 Å². The minimum Gasteiger partial charge on any atom is -0.507 e. The molecule has 0 aliphatic rings. The summed E-state index contributed by atoms with van der Waals surface area (Å²) in [6.45, 7) is 0.234. The van der Waals surface area contributed by atoms with Gasteiger partial charge in [0.2, 0.25) is 0 Å². The fourth-order valence-electron chi connectivity index (χ4n) is 1.40. The Kier molecular flexibility index (Phi) is 4.76. The van der Waals surface area contributed by atoms with Crippen molar-refractivity contribution in [2.24, 2.45) is 5.10 Å². The topological polar surface area (TPSA) is 105 Å². The lowest BCUT2D eigenvalue weighted by atomic mass is 10.2. The van der Waals surface area contributed by atoms with E-state index < -0.39 is 4.92 Å². The van der Waals surface area contributed by atoms with Crippen LogP contribution in [-0.4, -0.2) is 54.3 Å². The molecule has 108 valence electrons. The fourth-order valence-corrected chi connectivity index (χ4v) is 1.40. The Labute approximate surface area is 116 Å². The van der Waals surface area contributed by atoms with E-state index in [1.165, 1.54) is 18.2 Å². The molecule has 1 aromatic rings. The van der Waals surface area contributed by atoms with Crippen molar-refractivity contribution in [3.05, 3.63) is 33.9 Å². The number of hydrogen-bond acceptors (Lipinski definition) is 5. The van der Waals surface area contributed by atoms with Gasteiger partial charge in [-0.05, 0) is 6.07 Å². The number of nitro benzene ring substituents is 1. The number of likely N-dealkylation sites (N-methyl/N-ethyl adjacent to an activating group) is 1. The quantitative estimate of drug-likeness (QED) is 0.354. The van der Waals surface area contributed by atoms with E-state index in [4.69, 9.17) is 0 Å². The van der Waals surface area contributed by atoms with E-state index in [-0.39, 0.29) is 29.5 Å². The minimum absolute atomic E-state index is 0.153. The molecule has 20 heavy (non-hydrogen) atoms. The summed E-state index contributed by atoms with van der Waals surface area (Å²) in [5.41, 5.74) is 2.29. The maximum absolute atomic E-state index is 11.5. The Bertz CT molecular complexity index is 549. The summed E-state index contributed by atoms with van der Waals surface area (Å²) in [6.07, 6.45) is 1.16. The molecular formula is C12H17N4O4+. The highest BCUT2D eigenvalue weighted by Crippen LogP contribution is 2.21. The SMILES string of the molecule is C[N+](C)(C)CC(=O)N/N=C/c1cc([N+](=O)[O-])ccc1O. The van der Waals surface area contributed by atoms with Gasteiger partial charge in [0.25, 0.3) is 11.6 Å². The third-order valence-corrected chi connectivity index (χ3v) is 2.23. The Balaban J connectivity index is 2.73. The van der Waals surface area contributed by atoms with E-state index in [1.54, 1.807) is 0 Å². The number of aromatic hydroxyl groups is 1. The number of hydrogen-bond donors (Lipinski definition) is 2. The summed E-state index contributed by atoms with van der Waals surface area (Å²) in [7, 11) is 5.57. The lowest BCUT2D eigenvalue weighted by molar-refractivity contribution is -0.862. The monoisotopic (exact) mass is 281 g/mol. The third-order valence-electron chi connectivity index (χ3n) is 2.23. The predicted octanol–water partition coefficient (Wildman–Crippen LogP) is 0.457. The highest BCUT2D eigenvalue weighted by atomic mass is 16.6. The smallest absolute Gasteiger partial charge is 0.295 e. The van der Waals surface area contributed by atoms with Crippen molar-refractivity contribution in [1.29, 1.82) is 0 Å². The minimum atomic E-state index is -0.577. The molecule has 1 rings (SSSR count). The zero-order chi connectivity index (χ0) is 15.3. The van der Waals surface area contributed by atoms with Crippen LogP contribution in [0.4, 0.5) is 5.69 Å². The first-order valence-electron chi connectivity index (χ1n) is 5.79. The molecule has 0 unspecified atom stereocenters. The molecule has 0 bridgehead atoms. The number of phenols is 1. The summed E-state index contributed by atoms with van der Waals surface area (Å²) >= 11 is 0. The van der Waals surface area contributed by atoms with Gasteiger partial charge in [0, 0.05) is 17.7 Å². The Morgan fingerprint density at radius 3 is 2.70 bits per heavy atom. The largest absolute Gasteiger partial charge is 0.507 e. The number of rotatable bonds is 5. The van der Waals surface area contributed by atoms with Crippen LogP contribution in [0.5, 0.6) is 5.75 Å². The van der Waals surface area contributed by atoms with Crippen LogP contribution in [0.1, 0.15) is 5.56 Å². The predicted molar refractivity (Wildman–Crippen MR) is 73.4 cm³/mol. The van der Waals surface area contributed by atoms with Crippen LogP contribution in [0, 0.1) is 10.1 Å². The molecule has 2 N–H and O–H groups in total. The molecule has 0 saturated heterocycles. The van der Waals surface area contributed by atoms with Gasteiger partial charge in [-0.2, -0.15) is 5.10 Å². The van der Waals surface area contributed by atoms with Crippen LogP contribution < -0.4 is 5.43 Å². The van der Waals surface area contributed by atoms with E-state index in [0.717, 1.165) is 6.21 Å². The number of nitrogens with zero attached hydrogens (tertiary/aromatic N) is 3. The van der Waals surface area contributed by atoms with Gasteiger partial charge in [-0.25, -0.2) is 5.43 Å². The molecule has 0 aliphatic heterocycles. The summed E-state index contributed by atoms with van der Waals surface area (Å²) in [6, 6.07) is 3.56. The van der Waals surface area contributed by atoms with Gasteiger partial charge in [-0.3, -0.25) is 14.9 Å². The highest BCUT2D eigenvalue weighted by Gasteiger charge is 2.13. The van der Waals surface area contributed by atoms with E-state index in [0.29, 0.717) is 4.48 Å². The van der Waals surface area contributed by atoms with Crippen LogP contribution >= 0.6 is 0 Å². The zero-order valence-electron chi connectivity index (χ0n) is 11.5. The molecule has 8 heteroatoms. The maximum atomic E-state index is 11.5. The second-order valence-electron chi connectivity index (χ2n) is 5.24. The molecule has 0 saturated carbocycles. The second-order valence-corrected chi connectivity index (χ2v) is 5.24. The molecule has 0 atom stereocenters. The van der Waals surface area contributed by atoms with Crippen LogP contribution in [-0.2, 0) is 4.79 Å². The molecule has 0 spiro atoms. The average molecular weight is 281 g/mol. The number of amides is 1. The van der Waals surface area contributed by atoms with E-state index in [2.05, 4.69) is 10.5 Å². The van der Waals surface area contributed by atoms with Gasteiger partial charge in [-0.1, -0.05) is 0 Å². The number of hydrazone groups is 1. The first-order chi connectivity index (χ1) is 9.19. The molecule has 0 heterocycles. The normalized spacial score (nSPS) is 11.6. The molecule has 1 aromatic carbocycles. The molecule has 8 nitrogen and oxygen atoms in total. The van der Waals surface area contributed by atoms with Crippen molar-refractivity contribution in [3.8, 4) is 5.75 Å². The van der Waals surface area contributed by atoms with Crippen LogP contribution in [0.3, 0.4) is 0 Å². The summed E-state index contributed by atoms with van der Waals surface area (Å²) in [5, 5.41) is 23.8. The maximum Gasteiger partial charge on any atom is 0.295 e. The van der Waals surface area contributed by atoms with Gasteiger partial charge in [0.05, 0.1) is 32.3 Å².